The molecule has 2 rings (SSSR count). The van der Waals surface area contributed by atoms with E-state index in [-0.39, 0.29) is 0 Å². The lowest BCUT2D eigenvalue weighted by Gasteiger charge is -2.18. The van der Waals surface area contributed by atoms with Crippen molar-refractivity contribution in [2.75, 3.05) is 0 Å². The Morgan fingerprint density at radius 3 is 2.26 bits per heavy atom. The summed E-state index contributed by atoms with van der Waals surface area (Å²) in [5.74, 6) is -1.42. The summed E-state index contributed by atoms with van der Waals surface area (Å²) in [5, 5.41) is 1.69. The van der Waals surface area contributed by atoms with Crippen LogP contribution in [0.25, 0.3) is 10.8 Å². The summed E-state index contributed by atoms with van der Waals surface area (Å²) in [6, 6.07) is 12.8. The van der Waals surface area contributed by atoms with Gasteiger partial charge in [0, 0.05) is 5.56 Å². The molecule has 0 atom stereocenters. The van der Waals surface area contributed by atoms with Gasteiger partial charge in [0.1, 0.15) is 5.60 Å². The standard InChI is InChI=1S/C16H16O3/c1-16(2,3)19-15(18)14(17)13-10-6-8-11-7-4-5-9-12(11)13/h4-10H,1-3H3. The monoisotopic (exact) mass is 256 g/mol. The molecule has 2 aromatic rings. The van der Waals surface area contributed by atoms with E-state index in [0.717, 1.165) is 10.8 Å². The van der Waals surface area contributed by atoms with E-state index in [1.54, 1.807) is 32.9 Å². The van der Waals surface area contributed by atoms with Crippen molar-refractivity contribution >= 4 is 22.5 Å². The largest absolute Gasteiger partial charge is 0.454 e. The summed E-state index contributed by atoms with van der Waals surface area (Å²) < 4.78 is 5.11. The van der Waals surface area contributed by atoms with Crippen LogP contribution < -0.4 is 0 Å². The predicted octanol–water partition coefficient (Wildman–Crippen LogP) is 3.36. The molecule has 0 unspecified atom stereocenters. The smallest absolute Gasteiger partial charge is 0.380 e. The van der Waals surface area contributed by atoms with E-state index in [0.29, 0.717) is 5.56 Å². The van der Waals surface area contributed by atoms with E-state index in [4.69, 9.17) is 4.74 Å². The molecule has 0 aliphatic carbocycles. The zero-order valence-corrected chi connectivity index (χ0v) is 11.3. The average Bonchev–Trinajstić information content (AvgIpc) is 2.35. The number of hydrogen-bond donors (Lipinski definition) is 0. The molecule has 0 saturated carbocycles. The number of benzene rings is 2. The highest BCUT2D eigenvalue weighted by atomic mass is 16.6. The summed E-state index contributed by atoms with van der Waals surface area (Å²) in [5.41, 5.74) is -0.288. The van der Waals surface area contributed by atoms with Gasteiger partial charge in [0.2, 0.25) is 0 Å². The van der Waals surface area contributed by atoms with Crippen molar-refractivity contribution in [2.24, 2.45) is 0 Å². The average molecular weight is 256 g/mol. The SMILES string of the molecule is CC(C)(C)OC(=O)C(=O)c1cccc2ccccc12. The molecule has 0 aliphatic rings. The van der Waals surface area contributed by atoms with Crippen LogP contribution in [0.15, 0.2) is 42.5 Å². The van der Waals surface area contributed by atoms with Crippen molar-refractivity contribution in [1.82, 2.24) is 0 Å². The quantitative estimate of drug-likeness (QED) is 0.470. The second-order valence-electron chi connectivity index (χ2n) is 5.36. The van der Waals surface area contributed by atoms with E-state index < -0.39 is 17.4 Å². The van der Waals surface area contributed by atoms with Gasteiger partial charge in [-0.2, -0.15) is 0 Å². The van der Waals surface area contributed by atoms with Crippen LogP contribution in [0.2, 0.25) is 0 Å². The topological polar surface area (TPSA) is 43.4 Å². The Hall–Kier alpha value is -2.16. The Morgan fingerprint density at radius 1 is 0.947 bits per heavy atom. The minimum atomic E-state index is -0.816. The summed E-state index contributed by atoms with van der Waals surface area (Å²) in [4.78, 5) is 24.0. The summed E-state index contributed by atoms with van der Waals surface area (Å²) in [6.07, 6.45) is 0. The second kappa shape index (κ2) is 4.84. The molecule has 0 aromatic heterocycles. The van der Waals surface area contributed by atoms with Crippen molar-refractivity contribution < 1.29 is 14.3 Å². The van der Waals surface area contributed by atoms with Crippen LogP contribution in [0.3, 0.4) is 0 Å². The highest BCUT2D eigenvalue weighted by molar-refractivity contribution is 6.43. The molecule has 0 N–H and O–H groups in total. The van der Waals surface area contributed by atoms with Gasteiger partial charge in [0.25, 0.3) is 5.78 Å². The zero-order valence-electron chi connectivity index (χ0n) is 11.3. The minimum Gasteiger partial charge on any atom is -0.454 e. The fraction of sp³-hybridized carbons (Fsp3) is 0.250. The van der Waals surface area contributed by atoms with Crippen molar-refractivity contribution in [3.63, 3.8) is 0 Å². The first-order valence-electron chi connectivity index (χ1n) is 6.14. The van der Waals surface area contributed by atoms with Crippen LogP contribution in [0.5, 0.6) is 0 Å². The Balaban J connectivity index is 2.40. The Morgan fingerprint density at radius 2 is 1.58 bits per heavy atom. The number of ether oxygens (including phenoxy) is 1. The van der Waals surface area contributed by atoms with Gasteiger partial charge in [-0.15, -0.1) is 0 Å². The third-order valence-corrected chi connectivity index (χ3v) is 2.62. The number of carbonyl (C=O) groups excluding carboxylic acids is 2. The number of rotatable bonds is 2. The fourth-order valence-electron chi connectivity index (χ4n) is 1.86. The van der Waals surface area contributed by atoms with Crippen molar-refractivity contribution in [1.29, 1.82) is 0 Å². The molecule has 0 heterocycles. The van der Waals surface area contributed by atoms with E-state index in [2.05, 4.69) is 0 Å². The number of hydrogen-bond acceptors (Lipinski definition) is 3. The highest BCUT2D eigenvalue weighted by Crippen LogP contribution is 2.20. The maximum absolute atomic E-state index is 12.2. The number of ketones is 1. The maximum Gasteiger partial charge on any atom is 0.380 e. The maximum atomic E-state index is 12.2. The summed E-state index contributed by atoms with van der Waals surface area (Å²) >= 11 is 0. The van der Waals surface area contributed by atoms with Crippen molar-refractivity contribution in [2.45, 2.75) is 26.4 Å². The van der Waals surface area contributed by atoms with Gasteiger partial charge in [0.05, 0.1) is 0 Å². The molecule has 0 bridgehead atoms. The van der Waals surface area contributed by atoms with E-state index in [1.165, 1.54) is 0 Å². The van der Waals surface area contributed by atoms with Gasteiger partial charge in [-0.25, -0.2) is 4.79 Å². The predicted molar refractivity (Wildman–Crippen MR) is 74.1 cm³/mol. The molecule has 0 aliphatic heterocycles. The fourth-order valence-corrected chi connectivity index (χ4v) is 1.86. The molecule has 0 amide bonds. The zero-order chi connectivity index (χ0) is 14.0. The summed E-state index contributed by atoms with van der Waals surface area (Å²) in [7, 11) is 0. The minimum absolute atomic E-state index is 0.382. The first-order chi connectivity index (χ1) is 8.88. The third-order valence-electron chi connectivity index (χ3n) is 2.62. The van der Waals surface area contributed by atoms with Gasteiger partial charge in [-0.05, 0) is 31.5 Å². The van der Waals surface area contributed by atoms with E-state index in [9.17, 15) is 9.59 Å². The van der Waals surface area contributed by atoms with Gasteiger partial charge in [-0.3, -0.25) is 4.79 Å². The number of carbonyl (C=O) groups is 2. The van der Waals surface area contributed by atoms with Crippen LogP contribution in [-0.4, -0.2) is 17.4 Å². The van der Waals surface area contributed by atoms with Crippen LogP contribution in [0.1, 0.15) is 31.1 Å². The lowest BCUT2D eigenvalue weighted by atomic mass is 10.0. The van der Waals surface area contributed by atoms with E-state index >= 15 is 0 Å². The summed E-state index contributed by atoms with van der Waals surface area (Å²) in [6.45, 7) is 5.21. The molecule has 3 heteroatoms. The third kappa shape index (κ3) is 2.99. The first-order valence-corrected chi connectivity index (χ1v) is 6.14. The Labute approximate surface area is 112 Å². The highest BCUT2D eigenvalue weighted by Gasteiger charge is 2.25. The van der Waals surface area contributed by atoms with Gasteiger partial charge >= 0.3 is 5.97 Å². The van der Waals surface area contributed by atoms with Crippen molar-refractivity contribution in [3.8, 4) is 0 Å². The van der Waals surface area contributed by atoms with E-state index in [1.807, 2.05) is 30.3 Å². The van der Waals surface area contributed by atoms with Crippen molar-refractivity contribution in [3.05, 3.63) is 48.0 Å². The van der Waals surface area contributed by atoms with Gasteiger partial charge < -0.3 is 4.74 Å². The molecule has 19 heavy (non-hydrogen) atoms. The van der Waals surface area contributed by atoms with Crippen LogP contribution in [-0.2, 0) is 9.53 Å². The number of Topliss-reactive ketones (excluding diaryl/α,β-unsaturated/α-hetero) is 1. The molecule has 3 nitrogen and oxygen atoms in total. The number of fused-ring (bicyclic) bond motifs is 1. The molecule has 0 spiro atoms. The van der Waals surface area contributed by atoms with Gasteiger partial charge in [-0.1, -0.05) is 42.5 Å². The van der Waals surface area contributed by atoms with Crippen LogP contribution in [0, 0.1) is 0 Å². The Kier molecular flexibility index (Phi) is 3.38. The Bertz CT molecular complexity index is 630. The number of esters is 1. The second-order valence-corrected chi connectivity index (χ2v) is 5.36. The molecule has 2 aromatic carbocycles. The van der Waals surface area contributed by atoms with Crippen LogP contribution in [0.4, 0.5) is 0 Å². The molecule has 0 fully saturated rings. The lowest BCUT2D eigenvalue weighted by molar-refractivity contribution is -0.148. The molecule has 98 valence electrons. The molecule has 0 radical (unpaired) electrons. The lowest BCUT2D eigenvalue weighted by Crippen LogP contribution is -2.29. The normalized spacial score (nSPS) is 11.3. The molecule has 0 saturated heterocycles. The van der Waals surface area contributed by atoms with Gasteiger partial charge in [0.15, 0.2) is 0 Å². The molecular weight excluding hydrogens is 240 g/mol. The first kappa shape index (κ1) is 13.3. The molecular formula is C16H16O3. The van der Waals surface area contributed by atoms with Crippen LogP contribution >= 0.6 is 0 Å².